The highest BCUT2D eigenvalue weighted by molar-refractivity contribution is 5.84. The number of benzene rings is 1. The molecule has 0 atom stereocenters. The number of nitrogens with zero attached hydrogens (tertiary/aromatic N) is 2. The molecule has 1 aromatic rings. The largest absolute Gasteiger partial charge is 0.401 e. The average Bonchev–Trinajstić information content (AvgIpc) is 2.38. The van der Waals surface area contributed by atoms with Gasteiger partial charge in [0.05, 0.1) is 12.2 Å². The summed E-state index contributed by atoms with van der Waals surface area (Å²) in [5.74, 6) is -0.529. The molecule has 0 spiro atoms. The minimum absolute atomic E-state index is 0.175. The summed E-state index contributed by atoms with van der Waals surface area (Å²) in [6.45, 7) is -0.0629. The van der Waals surface area contributed by atoms with Crippen LogP contribution >= 0.6 is 0 Å². The van der Waals surface area contributed by atoms with Crippen LogP contribution < -0.4 is 4.90 Å². The van der Waals surface area contributed by atoms with Crippen LogP contribution in [-0.2, 0) is 0 Å². The van der Waals surface area contributed by atoms with E-state index in [0.717, 1.165) is 0 Å². The molecule has 0 amide bonds. The standard InChI is InChI=1S/C13H14F4N2O/c14-11-3-1-2-10(8-20)12(11)19-6-4-18(5-7-19)9-13(15,16)17/h1-3,8H,4-7,9H2. The van der Waals surface area contributed by atoms with Crippen LogP contribution in [0.5, 0.6) is 0 Å². The van der Waals surface area contributed by atoms with Gasteiger partial charge in [0.2, 0.25) is 0 Å². The van der Waals surface area contributed by atoms with Crippen LogP contribution in [0.25, 0.3) is 0 Å². The fourth-order valence-corrected chi connectivity index (χ4v) is 2.34. The molecule has 0 aliphatic carbocycles. The molecule has 1 aromatic carbocycles. The van der Waals surface area contributed by atoms with E-state index < -0.39 is 18.5 Å². The highest BCUT2D eigenvalue weighted by atomic mass is 19.4. The molecule has 0 unspecified atom stereocenters. The van der Waals surface area contributed by atoms with E-state index in [2.05, 4.69) is 0 Å². The third kappa shape index (κ3) is 3.47. The van der Waals surface area contributed by atoms with Crippen molar-refractivity contribution in [2.24, 2.45) is 0 Å². The number of rotatable bonds is 3. The molecule has 20 heavy (non-hydrogen) atoms. The van der Waals surface area contributed by atoms with E-state index >= 15 is 0 Å². The van der Waals surface area contributed by atoms with Crippen molar-refractivity contribution in [1.82, 2.24) is 4.90 Å². The van der Waals surface area contributed by atoms with Crippen molar-refractivity contribution in [1.29, 1.82) is 0 Å². The maximum atomic E-state index is 13.8. The van der Waals surface area contributed by atoms with Crippen molar-refractivity contribution in [3.8, 4) is 0 Å². The van der Waals surface area contributed by atoms with Crippen LogP contribution in [0.1, 0.15) is 10.4 Å². The number of para-hydroxylation sites is 1. The first-order valence-electron chi connectivity index (χ1n) is 6.18. The maximum absolute atomic E-state index is 13.8. The average molecular weight is 290 g/mol. The number of piperazine rings is 1. The summed E-state index contributed by atoms with van der Waals surface area (Å²) in [6.07, 6.45) is -3.67. The molecule has 110 valence electrons. The SMILES string of the molecule is O=Cc1cccc(F)c1N1CCN(CC(F)(F)F)CC1. The van der Waals surface area contributed by atoms with Gasteiger partial charge < -0.3 is 4.90 Å². The molecule has 1 heterocycles. The number of carbonyl (C=O) groups excluding carboxylic acids is 1. The molecule has 1 aliphatic rings. The van der Waals surface area contributed by atoms with Crippen molar-refractivity contribution >= 4 is 12.0 Å². The van der Waals surface area contributed by atoms with Crippen LogP contribution in [0.3, 0.4) is 0 Å². The van der Waals surface area contributed by atoms with E-state index in [-0.39, 0.29) is 37.4 Å². The van der Waals surface area contributed by atoms with Gasteiger partial charge in [0.15, 0.2) is 6.29 Å². The lowest BCUT2D eigenvalue weighted by atomic mass is 10.1. The second kappa shape index (κ2) is 5.78. The minimum Gasteiger partial charge on any atom is -0.366 e. The lowest BCUT2D eigenvalue weighted by molar-refractivity contribution is -0.146. The van der Waals surface area contributed by atoms with Crippen LogP contribution in [0.15, 0.2) is 18.2 Å². The molecular formula is C13H14F4N2O. The Morgan fingerprint density at radius 2 is 1.80 bits per heavy atom. The van der Waals surface area contributed by atoms with Crippen molar-refractivity contribution in [3.63, 3.8) is 0 Å². The Hall–Kier alpha value is -1.63. The predicted molar refractivity (Wildman–Crippen MR) is 66.5 cm³/mol. The highest BCUT2D eigenvalue weighted by Crippen LogP contribution is 2.25. The van der Waals surface area contributed by atoms with Gasteiger partial charge in [-0.1, -0.05) is 6.07 Å². The molecule has 2 rings (SSSR count). The zero-order chi connectivity index (χ0) is 14.8. The van der Waals surface area contributed by atoms with E-state index in [9.17, 15) is 22.4 Å². The second-order valence-corrected chi connectivity index (χ2v) is 4.67. The van der Waals surface area contributed by atoms with E-state index in [1.807, 2.05) is 0 Å². The minimum atomic E-state index is -4.23. The summed E-state index contributed by atoms with van der Waals surface area (Å²) < 4.78 is 50.6. The number of halogens is 4. The van der Waals surface area contributed by atoms with Gasteiger partial charge in [0.1, 0.15) is 5.82 Å². The van der Waals surface area contributed by atoms with Crippen LogP contribution in [0, 0.1) is 5.82 Å². The van der Waals surface area contributed by atoms with E-state index in [4.69, 9.17) is 0 Å². The van der Waals surface area contributed by atoms with Crippen molar-refractivity contribution < 1.29 is 22.4 Å². The molecule has 0 aromatic heterocycles. The third-order valence-electron chi connectivity index (χ3n) is 3.24. The predicted octanol–water partition coefficient (Wildman–Crippen LogP) is 2.32. The molecule has 3 nitrogen and oxygen atoms in total. The van der Waals surface area contributed by atoms with E-state index in [1.165, 1.54) is 23.1 Å². The monoisotopic (exact) mass is 290 g/mol. The Bertz CT molecular complexity index is 482. The molecule has 0 N–H and O–H groups in total. The molecule has 1 aliphatic heterocycles. The Morgan fingerprint density at radius 3 is 2.35 bits per heavy atom. The highest BCUT2D eigenvalue weighted by Gasteiger charge is 2.32. The first kappa shape index (κ1) is 14.8. The van der Waals surface area contributed by atoms with Crippen molar-refractivity contribution in [2.45, 2.75) is 6.18 Å². The van der Waals surface area contributed by atoms with Crippen molar-refractivity contribution in [3.05, 3.63) is 29.6 Å². The fraction of sp³-hybridized carbons (Fsp3) is 0.462. The quantitative estimate of drug-likeness (QED) is 0.630. The van der Waals surface area contributed by atoms with Gasteiger partial charge in [0, 0.05) is 31.7 Å². The van der Waals surface area contributed by atoms with Crippen LogP contribution in [0.2, 0.25) is 0 Å². The Balaban J connectivity index is 2.06. The van der Waals surface area contributed by atoms with Gasteiger partial charge in [-0.15, -0.1) is 0 Å². The maximum Gasteiger partial charge on any atom is 0.401 e. The topological polar surface area (TPSA) is 23.6 Å². The summed E-state index contributed by atoms with van der Waals surface area (Å²) in [7, 11) is 0. The molecule has 0 saturated carbocycles. The molecular weight excluding hydrogens is 276 g/mol. The first-order valence-corrected chi connectivity index (χ1v) is 6.18. The summed E-state index contributed by atoms with van der Waals surface area (Å²) in [6, 6.07) is 4.17. The van der Waals surface area contributed by atoms with Gasteiger partial charge in [-0.3, -0.25) is 9.69 Å². The second-order valence-electron chi connectivity index (χ2n) is 4.67. The molecule has 0 radical (unpaired) electrons. The van der Waals surface area contributed by atoms with Gasteiger partial charge in [-0.25, -0.2) is 4.39 Å². The Labute approximate surface area is 113 Å². The van der Waals surface area contributed by atoms with Crippen LogP contribution in [0.4, 0.5) is 23.2 Å². The Kier molecular flexibility index (Phi) is 4.27. The van der Waals surface area contributed by atoms with Crippen molar-refractivity contribution in [2.75, 3.05) is 37.6 Å². The normalized spacial score (nSPS) is 17.3. The summed E-state index contributed by atoms with van der Waals surface area (Å²) >= 11 is 0. The zero-order valence-electron chi connectivity index (χ0n) is 10.7. The smallest absolute Gasteiger partial charge is 0.366 e. The molecule has 1 fully saturated rings. The summed E-state index contributed by atoms with van der Waals surface area (Å²) in [5, 5.41) is 0. The van der Waals surface area contributed by atoms with Gasteiger partial charge in [-0.05, 0) is 12.1 Å². The lowest BCUT2D eigenvalue weighted by Gasteiger charge is -2.36. The van der Waals surface area contributed by atoms with Gasteiger partial charge in [0.25, 0.3) is 0 Å². The number of anilines is 1. The summed E-state index contributed by atoms with van der Waals surface area (Å²) in [5.41, 5.74) is 0.392. The number of alkyl halides is 3. The van der Waals surface area contributed by atoms with Gasteiger partial charge >= 0.3 is 6.18 Å². The molecule has 0 bridgehead atoms. The number of carbonyl (C=O) groups is 1. The summed E-state index contributed by atoms with van der Waals surface area (Å²) in [4.78, 5) is 13.8. The number of hydrogen-bond donors (Lipinski definition) is 0. The Morgan fingerprint density at radius 1 is 1.15 bits per heavy atom. The van der Waals surface area contributed by atoms with Gasteiger partial charge in [-0.2, -0.15) is 13.2 Å². The third-order valence-corrected chi connectivity index (χ3v) is 3.24. The first-order chi connectivity index (χ1) is 9.40. The molecule has 7 heteroatoms. The van der Waals surface area contributed by atoms with E-state index in [0.29, 0.717) is 6.29 Å². The number of hydrogen-bond acceptors (Lipinski definition) is 3. The number of aldehydes is 1. The lowest BCUT2D eigenvalue weighted by Crippen LogP contribution is -2.49. The van der Waals surface area contributed by atoms with E-state index in [1.54, 1.807) is 4.90 Å². The zero-order valence-corrected chi connectivity index (χ0v) is 10.7. The van der Waals surface area contributed by atoms with Crippen LogP contribution in [-0.4, -0.2) is 50.1 Å². The fourth-order valence-electron chi connectivity index (χ4n) is 2.34. The molecule has 1 saturated heterocycles.